The maximum absolute atomic E-state index is 11.2. The molecule has 148 valence electrons. The van der Waals surface area contributed by atoms with E-state index in [2.05, 4.69) is 9.97 Å². The van der Waals surface area contributed by atoms with Gasteiger partial charge in [-0.25, -0.2) is 19.6 Å². The molecule has 10 heteroatoms. The first kappa shape index (κ1) is 26.2. The number of hydrogen-bond donors (Lipinski definition) is 1. The molecular formula is C18H18N2O8. The quantitative estimate of drug-likeness (QED) is 0.757. The zero-order valence-electron chi connectivity index (χ0n) is 15.2. The van der Waals surface area contributed by atoms with Crippen LogP contribution in [0.5, 0.6) is 0 Å². The van der Waals surface area contributed by atoms with Gasteiger partial charge in [-0.2, -0.15) is 19.2 Å². The second-order valence-corrected chi connectivity index (χ2v) is 4.31. The van der Waals surface area contributed by atoms with Gasteiger partial charge in [-0.05, 0) is 37.1 Å². The number of aromatic nitrogens is 2. The highest BCUT2D eigenvalue weighted by Gasteiger charge is 2.06. The lowest BCUT2D eigenvalue weighted by Crippen LogP contribution is -2.06. The molecule has 2 rings (SSSR count). The topological polar surface area (TPSA) is 158 Å². The largest absolute Gasteiger partial charge is 0.477 e. The van der Waals surface area contributed by atoms with Gasteiger partial charge in [-0.15, -0.1) is 0 Å². The number of hydrogen-bond acceptors (Lipinski definition) is 9. The molecule has 0 spiro atoms. The highest BCUT2D eigenvalue weighted by Crippen LogP contribution is 2.02. The fourth-order valence-corrected chi connectivity index (χ4v) is 1.45. The van der Waals surface area contributed by atoms with Crippen LogP contribution >= 0.6 is 0 Å². The van der Waals surface area contributed by atoms with Crippen molar-refractivity contribution < 1.29 is 38.6 Å². The molecule has 28 heavy (non-hydrogen) atoms. The number of esters is 1. The van der Waals surface area contributed by atoms with E-state index in [1.807, 2.05) is 13.0 Å². The number of carboxylic acid groups (broad SMARTS) is 1. The Labute approximate surface area is 160 Å². The summed E-state index contributed by atoms with van der Waals surface area (Å²) in [5.74, 6) is -1.35. The van der Waals surface area contributed by atoms with Gasteiger partial charge in [-0.3, -0.25) is 0 Å². The Hall–Kier alpha value is -4.00. The fourth-order valence-electron chi connectivity index (χ4n) is 1.45. The highest BCUT2D eigenvalue weighted by atomic mass is 16.5. The van der Waals surface area contributed by atoms with Crippen molar-refractivity contribution in [2.75, 3.05) is 6.61 Å². The first-order valence-electron chi connectivity index (χ1n) is 7.66. The first-order chi connectivity index (χ1) is 13.4. The minimum atomic E-state index is -0.990. The molecule has 0 amide bonds. The van der Waals surface area contributed by atoms with E-state index in [0.29, 0.717) is 12.3 Å². The monoisotopic (exact) mass is 390 g/mol. The van der Waals surface area contributed by atoms with Crippen LogP contribution in [0.25, 0.3) is 0 Å². The molecule has 0 unspecified atom stereocenters. The van der Waals surface area contributed by atoms with Crippen LogP contribution in [0.1, 0.15) is 40.4 Å². The molecule has 0 bridgehead atoms. The molecule has 0 saturated heterocycles. The molecule has 0 radical (unpaired) electrons. The van der Waals surface area contributed by atoms with Crippen molar-refractivity contribution in [2.45, 2.75) is 20.3 Å². The van der Waals surface area contributed by atoms with Gasteiger partial charge in [0.2, 0.25) is 0 Å². The molecule has 0 saturated carbocycles. The first-order valence-corrected chi connectivity index (χ1v) is 7.66. The summed E-state index contributed by atoms with van der Waals surface area (Å²) in [6.07, 6.45) is 4.58. The van der Waals surface area contributed by atoms with Gasteiger partial charge in [0.1, 0.15) is 11.4 Å². The summed E-state index contributed by atoms with van der Waals surface area (Å²) in [5.41, 5.74) is 1.57. The van der Waals surface area contributed by atoms with E-state index in [9.17, 15) is 9.59 Å². The maximum Gasteiger partial charge on any atom is 0.373 e. The second kappa shape index (κ2) is 17.8. The molecular weight excluding hydrogens is 372 g/mol. The minimum absolute atomic E-state index is 0.0810. The number of ether oxygens (including phenoxy) is 1. The van der Waals surface area contributed by atoms with Crippen molar-refractivity contribution in [2.24, 2.45) is 0 Å². The summed E-state index contributed by atoms with van der Waals surface area (Å²) in [7, 11) is 0. The molecule has 0 fully saturated rings. The summed E-state index contributed by atoms with van der Waals surface area (Å²) in [5, 5.41) is 8.32. The number of carbonyl (C=O) groups excluding carboxylic acids is 5. The molecule has 2 heterocycles. The van der Waals surface area contributed by atoms with E-state index in [4.69, 9.17) is 29.0 Å². The molecule has 10 nitrogen and oxygen atoms in total. The van der Waals surface area contributed by atoms with Crippen molar-refractivity contribution in [1.82, 2.24) is 9.97 Å². The van der Waals surface area contributed by atoms with E-state index in [1.165, 1.54) is 12.3 Å². The Balaban J connectivity index is 0. The number of aromatic carboxylic acids is 1. The minimum Gasteiger partial charge on any atom is -0.477 e. The lowest BCUT2D eigenvalue weighted by atomic mass is 10.2. The van der Waals surface area contributed by atoms with E-state index in [1.54, 1.807) is 31.3 Å². The summed E-state index contributed by atoms with van der Waals surface area (Å²) in [6, 6.07) is 8.33. The molecule has 2 aromatic rings. The Morgan fingerprint density at radius 1 is 0.964 bits per heavy atom. The normalized spacial score (nSPS) is 7.93. The van der Waals surface area contributed by atoms with Gasteiger partial charge in [0.05, 0.1) is 6.61 Å². The van der Waals surface area contributed by atoms with Gasteiger partial charge >= 0.3 is 24.2 Å². The zero-order chi connectivity index (χ0) is 21.8. The zero-order valence-corrected chi connectivity index (χ0v) is 15.2. The average molecular weight is 390 g/mol. The van der Waals surface area contributed by atoms with Gasteiger partial charge in [0.25, 0.3) is 0 Å². The lowest BCUT2D eigenvalue weighted by molar-refractivity contribution is -0.193. The summed E-state index contributed by atoms with van der Waals surface area (Å²) in [4.78, 5) is 61.4. The van der Waals surface area contributed by atoms with Crippen LogP contribution in [0.4, 0.5) is 0 Å². The Bertz CT molecular complexity index is 752. The van der Waals surface area contributed by atoms with E-state index >= 15 is 0 Å². The van der Waals surface area contributed by atoms with Crippen LogP contribution in [-0.2, 0) is 30.3 Å². The number of pyridine rings is 2. The molecule has 0 atom stereocenters. The second-order valence-electron chi connectivity index (χ2n) is 4.31. The Kier molecular flexibility index (Phi) is 16.7. The van der Waals surface area contributed by atoms with Crippen LogP contribution in [0, 0.1) is 0 Å². The van der Waals surface area contributed by atoms with Crippen molar-refractivity contribution >= 4 is 24.2 Å². The molecule has 0 aromatic carbocycles. The molecule has 0 aliphatic carbocycles. The predicted octanol–water partition coefficient (Wildman–Crippen LogP) is 1.43. The third kappa shape index (κ3) is 13.3. The Morgan fingerprint density at radius 2 is 1.57 bits per heavy atom. The summed E-state index contributed by atoms with van der Waals surface area (Å²) >= 11 is 0. The SMILES string of the molecule is CCOC(=O)c1ccc(CC)cn1.O=C(O)c1ccccn1.O=C=O.O=C=O. The van der Waals surface area contributed by atoms with Crippen molar-refractivity contribution in [3.05, 3.63) is 59.7 Å². The Morgan fingerprint density at radius 3 is 1.89 bits per heavy atom. The molecule has 0 aliphatic rings. The molecule has 0 aliphatic heterocycles. The van der Waals surface area contributed by atoms with Crippen molar-refractivity contribution in [3.8, 4) is 0 Å². The van der Waals surface area contributed by atoms with Crippen molar-refractivity contribution in [3.63, 3.8) is 0 Å². The highest BCUT2D eigenvalue weighted by molar-refractivity contribution is 5.87. The third-order valence-corrected chi connectivity index (χ3v) is 2.60. The summed E-state index contributed by atoms with van der Waals surface area (Å²) < 4.78 is 4.80. The maximum atomic E-state index is 11.2. The van der Waals surface area contributed by atoms with Gasteiger partial charge < -0.3 is 9.84 Å². The van der Waals surface area contributed by atoms with Crippen LogP contribution < -0.4 is 0 Å². The van der Waals surface area contributed by atoms with Gasteiger partial charge in [0, 0.05) is 12.4 Å². The van der Waals surface area contributed by atoms with E-state index in [0.717, 1.165) is 12.0 Å². The molecule has 1 N–H and O–H groups in total. The van der Waals surface area contributed by atoms with Crippen LogP contribution in [0.15, 0.2) is 42.7 Å². The number of aryl methyl sites for hydroxylation is 1. The summed E-state index contributed by atoms with van der Waals surface area (Å²) in [6.45, 7) is 4.20. The average Bonchev–Trinajstić information content (AvgIpc) is 2.70. The van der Waals surface area contributed by atoms with E-state index < -0.39 is 5.97 Å². The molecule has 2 aromatic heterocycles. The number of rotatable bonds is 4. The van der Waals surface area contributed by atoms with Crippen LogP contribution in [0.2, 0.25) is 0 Å². The fraction of sp³-hybridized carbons (Fsp3) is 0.222. The smallest absolute Gasteiger partial charge is 0.373 e. The predicted molar refractivity (Wildman–Crippen MR) is 90.8 cm³/mol. The number of carbonyl (C=O) groups is 2. The van der Waals surface area contributed by atoms with Crippen LogP contribution in [0.3, 0.4) is 0 Å². The van der Waals surface area contributed by atoms with E-state index in [-0.39, 0.29) is 24.0 Å². The third-order valence-electron chi connectivity index (χ3n) is 2.60. The lowest BCUT2D eigenvalue weighted by Gasteiger charge is -2.01. The van der Waals surface area contributed by atoms with Gasteiger partial charge in [0.15, 0.2) is 0 Å². The van der Waals surface area contributed by atoms with Gasteiger partial charge in [-0.1, -0.05) is 19.1 Å². The van der Waals surface area contributed by atoms with Crippen LogP contribution in [-0.4, -0.2) is 45.9 Å². The van der Waals surface area contributed by atoms with Crippen molar-refractivity contribution in [1.29, 1.82) is 0 Å². The number of carboxylic acids is 1. The number of nitrogens with zero attached hydrogens (tertiary/aromatic N) is 2. The standard InChI is InChI=1S/C10H13NO2.C6H5NO2.2CO2/c1-3-8-5-6-9(11-7-8)10(12)13-4-2;8-6(9)5-3-1-2-4-7-5;2*2-1-3/h5-7H,3-4H2,1-2H3;1-4H,(H,8,9);;.